The zero-order valence-electron chi connectivity index (χ0n) is 16.6. The summed E-state index contributed by atoms with van der Waals surface area (Å²) >= 11 is 0. The van der Waals surface area contributed by atoms with Crippen LogP contribution in [0.25, 0.3) is 22.0 Å². The number of nitro groups is 2. The van der Waals surface area contributed by atoms with Crippen LogP contribution in [0, 0.1) is 20.2 Å². The fourth-order valence-corrected chi connectivity index (χ4v) is 4.49. The van der Waals surface area contributed by atoms with Gasteiger partial charge in [-0.1, -0.05) is 0 Å². The van der Waals surface area contributed by atoms with Gasteiger partial charge < -0.3 is 19.9 Å². The Hall–Kier alpha value is -4.54. The Morgan fingerprint density at radius 1 is 0.969 bits per heavy atom. The maximum absolute atomic E-state index is 11.4. The average Bonchev–Trinajstić information content (AvgIpc) is 3.28. The van der Waals surface area contributed by atoms with Crippen molar-refractivity contribution < 1.29 is 24.8 Å². The van der Waals surface area contributed by atoms with Crippen LogP contribution in [0.15, 0.2) is 36.4 Å². The van der Waals surface area contributed by atoms with Crippen LogP contribution in [0.1, 0.15) is 22.7 Å². The molecule has 4 aromatic rings. The molecule has 11 nitrogen and oxygen atoms in total. The number of aromatic amines is 2. The van der Waals surface area contributed by atoms with E-state index in [1.807, 2.05) is 6.07 Å². The molecule has 0 spiro atoms. The van der Waals surface area contributed by atoms with Gasteiger partial charge in [-0.05, 0) is 30.2 Å². The van der Waals surface area contributed by atoms with E-state index in [9.17, 15) is 30.4 Å². The SMILES string of the molecule is COc1ccc2[nH]c3c(c2c1)-c1c(O)[nH]c(O)c1C(c1cc([N+](=O)[O-])cc([N+](=O)[O-])c1)C3. The average molecular weight is 436 g/mol. The first-order chi connectivity index (χ1) is 15.3. The Balaban J connectivity index is 1.77. The Kier molecular flexibility index (Phi) is 4.09. The van der Waals surface area contributed by atoms with Crippen LogP contribution in [0.4, 0.5) is 11.4 Å². The van der Waals surface area contributed by atoms with Crippen LogP contribution in [-0.4, -0.2) is 37.1 Å². The van der Waals surface area contributed by atoms with Crippen LogP contribution in [-0.2, 0) is 6.42 Å². The van der Waals surface area contributed by atoms with Crippen LogP contribution >= 0.6 is 0 Å². The molecule has 1 atom stereocenters. The number of hydrogen-bond donors (Lipinski definition) is 4. The molecule has 2 aromatic heterocycles. The molecule has 2 heterocycles. The van der Waals surface area contributed by atoms with Gasteiger partial charge in [-0.3, -0.25) is 25.2 Å². The number of methoxy groups -OCH3 is 1. The maximum atomic E-state index is 11.4. The van der Waals surface area contributed by atoms with E-state index in [4.69, 9.17) is 4.74 Å². The van der Waals surface area contributed by atoms with Crippen molar-refractivity contribution in [1.29, 1.82) is 0 Å². The Morgan fingerprint density at radius 2 is 1.66 bits per heavy atom. The van der Waals surface area contributed by atoms with Crippen molar-refractivity contribution >= 4 is 22.3 Å². The molecule has 162 valence electrons. The minimum absolute atomic E-state index is 0.266. The summed E-state index contributed by atoms with van der Waals surface area (Å²) < 4.78 is 5.31. The number of nitro benzene ring substituents is 2. The van der Waals surface area contributed by atoms with E-state index < -0.39 is 27.1 Å². The Labute approximate surface area is 179 Å². The number of benzene rings is 2. The van der Waals surface area contributed by atoms with Crippen LogP contribution in [0.3, 0.4) is 0 Å². The van der Waals surface area contributed by atoms with E-state index in [1.165, 1.54) is 19.2 Å². The second-order valence-corrected chi connectivity index (χ2v) is 7.55. The van der Waals surface area contributed by atoms with Gasteiger partial charge in [-0.25, -0.2) is 0 Å². The lowest BCUT2D eigenvalue weighted by Gasteiger charge is -2.23. The molecule has 0 bridgehead atoms. The topological polar surface area (TPSA) is 168 Å². The number of aromatic hydroxyl groups is 2. The maximum Gasteiger partial charge on any atom is 0.276 e. The van der Waals surface area contributed by atoms with Gasteiger partial charge in [0.05, 0.1) is 28.6 Å². The third kappa shape index (κ3) is 2.75. The second-order valence-electron chi connectivity index (χ2n) is 7.55. The van der Waals surface area contributed by atoms with Crippen LogP contribution in [0.2, 0.25) is 0 Å². The zero-order valence-corrected chi connectivity index (χ0v) is 16.6. The zero-order chi connectivity index (χ0) is 22.7. The molecular formula is C21H16N4O7. The van der Waals surface area contributed by atoms with E-state index in [-0.39, 0.29) is 23.7 Å². The first-order valence-corrected chi connectivity index (χ1v) is 9.55. The Bertz CT molecular complexity index is 1400. The summed E-state index contributed by atoms with van der Waals surface area (Å²) in [6.07, 6.45) is 0.266. The van der Waals surface area contributed by atoms with E-state index in [0.29, 0.717) is 28.1 Å². The Morgan fingerprint density at radius 3 is 2.28 bits per heavy atom. The van der Waals surface area contributed by atoms with Gasteiger partial charge in [0.25, 0.3) is 11.4 Å². The van der Waals surface area contributed by atoms with E-state index in [2.05, 4.69) is 9.97 Å². The summed E-state index contributed by atoms with van der Waals surface area (Å²) in [6, 6.07) is 8.80. The first kappa shape index (κ1) is 19.4. The predicted molar refractivity (Wildman–Crippen MR) is 113 cm³/mol. The quantitative estimate of drug-likeness (QED) is 0.276. The normalized spacial score (nSPS) is 14.7. The fourth-order valence-electron chi connectivity index (χ4n) is 4.49. The lowest BCUT2D eigenvalue weighted by molar-refractivity contribution is -0.394. The third-order valence-electron chi connectivity index (χ3n) is 5.84. The van der Waals surface area contributed by atoms with Gasteiger partial charge in [-0.2, -0.15) is 0 Å². The van der Waals surface area contributed by atoms with Crippen molar-refractivity contribution in [2.75, 3.05) is 7.11 Å². The van der Waals surface area contributed by atoms with Gasteiger partial charge in [0.1, 0.15) is 5.75 Å². The van der Waals surface area contributed by atoms with Crippen molar-refractivity contribution in [3.63, 3.8) is 0 Å². The van der Waals surface area contributed by atoms with E-state index in [0.717, 1.165) is 17.0 Å². The second kappa shape index (κ2) is 6.74. The number of H-pyrrole nitrogens is 2. The molecule has 0 radical (unpaired) electrons. The van der Waals surface area contributed by atoms with Gasteiger partial charge >= 0.3 is 0 Å². The molecule has 1 aliphatic rings. The number of aromatic nitrogens is 2. The molecule has 5 rings (SSSR count). The minimum atomic E-state index is -0.699. The van der Waals surface area contributed by atoms with E-state index in [1.54, 1.807) is 12.1 Å². The summed E-state index contributed by atoms with van der Waals surface area (Å²) in [6.45, 7) is 0. The fraction of sp³-hybridized carbons (Fsp3) is 0.143. The van der Waals surface area contributed by atoms with Crippen molar-refractivity contribution in [3.8, 4) is 28.6 Å². The van der Waals surface area contributed by atoms with Crippen molar-refractivity contribution in [2.24, 2.45) is 0 Å². The monoisotopic (exact) mass is 436 g/mol. The van der Waals surface area contributed by atoms with Gasteiger partial charge in [-0.15, -0.1) is 0 Å². The summed E-state index contributed by atoms with van der Waals surface area (Å²) in [5.74, 6) is -0.647. The van der Waals surface area contributed by atoms with Crippen LogP contribution in [0.5, 0.6) is 17.5 Å². The molecule has 0 saturated heterocycles. The number of rotatable bonds is 4. The molecule has 0 aliphatic heterocycles. The van der Waals surface area contributed by atoms with Gasteiger partial charge in [0.2, 0.25) is 0 Å². The highest BCUT2D eigenvalue weighted by molar-refractivity contribution is 6.02. The highest BCUT2D eigenvalue weighted by atomic mass is 16.6. The van der Waals surface area contributed by atoms with Crippen molar-refractivity contribution in [3.05, 3.63) is 73.4 Å². The molecule has 2 aromatic carbocycles. The molecule has 4 N–H and O–H groups in total. The highest BCUT2D eigenvalue weighted by Crippen LogP contribution is 2.53. The van der Waals surface area contributed by atoms with Gasteiger partial charge in [0, 0.05) is 45.8 Å². The van der Waals surface area contributed by atoms with E-state index >= 15 is 0 Å². The largest absolute Gasteiger partial charge is 0.497 e. The first-order valence-electron chi connectivity index (χ1n) is 9.55. The summed E-state index contributed by atoms with van der Waals surface area (Å²) in [4.78, 5) is 27.2. The highest BCUT2D eigenvalue weighted by Gasteiger charge is 2.36. The number of fused-ring (bicyclic) bond motifs is 5. The van der Waals surface area contributed by atoms with Crippen molar-refractivity contribution in [2.45, 2.75) is 12.3 Å². The van der Waals surface area contributed by atoms with Crippen molar-refractivity contribution in [1.82, 2.24) is 9.97 Å². The third-order valence-corrected chi connectivity index (χ3v) is 5.84. The molecule has 0 amide bonds. The number of nitrogens with zero attached hydrogens (tertiary/aromatic N) is 2. The molecule has 0 fully saturated rings. The summed E-state index contributed by atoms with van der Waals surface area (Å²) in [5.41, 5.74) is 2.23. The standard InChI is InChI=1S/C21H16N4O7/c1-32-12-2-3-15-14(7-12)17-16(22-15)8-13(18-19(17)21(27)23-20(18)26)9-4-10(24(28)29)6-11(5-9)25(30)31/h2-7,13,22-23,26-27H,8H2,1H3. The minimum Gasteiger partial charge on any atom is -0.497 e. The lowest BCUT2D eigenvalue weighted by atomic mass is 9.79. The molecule has 0 saturated carbocycles. The number of hydrogen-bond acceptors (Lipinski definition) is 7. The van der Waals surface area contributed by atoms with Gasteiger partial charge in [0.15, 0.2) is 11.8 Å². The lowest BCUT2D eigenvalue weighted by Crippen LogP contribution is -2.12. The molecule has 32 heavy (non-hydrogen) atoms. The summed E-state index contributed by atoms with van der Waals surface area (Å²) in [7, 11) is 1.54. The molecule has 1 unspecified atom stereocenters. The van der Waals surface area contributed by atoms with Crippen LogP contribution < -0.4 is 4.74 Å². The number of ether oxygens (including phenoxy) is 1. The smallest absolute Gasteiger partial charge is 0.276 e. The summed E-state index contributed by atoms with van der Waals surface area (Å²) in [5, 5.41) is 44.7. The number of non-ortho nitro benzene ring substituents is 2. The predicted octanol–water partition coefficient (Wildman–Crippen LogP) is 4.09. The number of nitrogens with one attached hydrogen (secondary N) is 2. The molecular weight excluding hydrogens is 420 g/mol. The molecule has 11 heteroatoms. The molecule has 1 aliphatic carbocycles.